The lowest BCUT2D eigenvalue weighted by Gasteiger charge is -2.39. The molecule has 0 radical (unpaired) electrons. The zero-order valence-electron chi connectivity index (χ0n) is 14.7. The summed E-state index contributed by atoms with van der Waals surface area (Å²) in [7, 11) is -0.717. The summed E-state index contributed by atoms with van der Waals surface area (Å²) in [6.07, 6.45) is 0. The highest BCUT2D eigenvalue weighted by Crippen LogP contribution is 2.32. The van der Waals surface area contributed by atoms with E-state index in [0.29, 0.717) is 31.9 Å². The number of carboxylic acids is 1. The SMILES string of the molecule is CCOC(OCC)([PH+]=O)N1CCN(Cc2ccc(C(=O)O)cc2)CC1. The quantitative estimate of drug-likeness (QED) is 0.528. The number of hydrogen-bond acceptors (Lipinski definition) is 6. The van der Waals surface area contributed by atoms with Crippen LogP contribution in [0.4, 0.5) is 0 Å². The van der Waals surface area contributed by atoms with Crippen LogP contribution in [-0.2, 0) is 20.6 Å². The lowest BCUT2D eigenvalue weighted by atomic mass is 10.1. The minimum atomic E-state index is -1.14. The highest BCUT2D eigenvalue weighted by Gasteiger charge is 2.49. The Hall–Kier alpha value is -1.37. The first-order valence-corrected chi connectivity index (χ1v) is 9.42. The summed E-state index contributed by atoms with van der Waals surface area (Å²) >= 11 is 0. The van der Waals surface area contributed by atoms with Crippen molar-refractivity contribution < 1.29 is 23.9 Å². The molecule has 0 saturated carbocycles. The number of aromatic carboxylic acids is 1. The number of piperazine rings is 1. The summed E-state index contributed by atoms with van der Waals surface area (Å²) in [6.45, 7) is 8.35. The average molecular weight is 369 g/mol. The van der Waals surface area contributed by atoms with Crippen LogP contribution in [0.5, 0.6) is 0 Å². The van der Waals surface area contributed by atoms with Gasteiger partial charge in [0.2, 0.25) is 0 Å². The molecule has 1 aromatic rings. The van der Waals surface area contributed by atoms with E-state index in [1.54, 1.807) is 12.1 Å². The average Bonchev–Trinajstić information content (AvgIpc) is 2.62. The van der Waals surface area contributed by atoms with Crippen molar-refractivity contribution in [1.29, 1.82) is 0 Å². The molecule has 2 rings (SSSR count). The number of carboxylic acid groups (broad SMARTS) is 1. The molecule has 7 nitrogen and oxygen atoms in total. The minimum absolute atomic E-state index is 0.295. The first-order valence-electron chi connectivity index (χ1n) is 8.51. The van der Waals surface area contributed by atoms with Gasteiger partial charge in [-0.15, -0.1) is 0 Å². The summed E-state index contributed by atoms with van der Waals surface area (Å²) in [5, 5.41) is 8.95. The molecule has 0 aromatic heterocycles. The fourth-order valence-electron chi connectivity index (χ4n) is 2.95. The van der Waals surface area contributed by atoms with Gasteiger partial charge in [-0.25, -0.2) is 9.69 Å². The normalized spacial score (nSPS) is 17.0. The summed E-state index contributed by atoms with van der Waals surface area (Å²) in [6, 6.07) is 6.95. The second kappa shape index (κ2) is 9.36. The van der Waals surface area contributed by atoms with E-state index in [4.69, 9.17) is 14.6 Å². The van der Waals surface area contributed by atoms with E-state index in [2.05, 4.69) is 4.90 Å². The Balaban J connectivity index is 1.93. The third-order valence-electron chi connectivity index (χ3n) is 4.20. The molecular weight excluding hydrogens is 343 g/mol. The standard InChI is InChI=1S/C17H25N2O5P/c1-3-23-17(25-22,24-4-2)19-11-9-18(10-12-19)13-14-5-7-15(8-6-14)16(20)21/h5-8H,3-4,9-13H2,1-2H3,(H,20,21)/p+1. The van der Waals surface area contributed by atoms with E-state index >= 15 is 0 Å². The molecular formula is C17H26N2O5P+. The largest absolute Gasteiger partial charge is 0.478 e. The van der Waals surface area contributed by atoms with E-state index in [0.717, 1.165) is 25.2 Å². The highest BCUT2D eigenvalue weighted by molar-refractivity contribution is 7.25. The number of ether oxygens (including phenoxy) is 2. The molecule has 1 saturated heterocycles. The third-order valence-corrected chi connectivity index (χ3v) is 5.07. The fraction of sp³-hybridized carbons (Fsp3) is 0.588. The number of carbonyl (C=O) groups is 1. The van der Waals surface area contributed by atoms with E-state index in [1.165, 1.54) is 0 Å². The van der Waals surface area contributed by atoms with Crippen molar-refractivity contribution in [2.75, 3.05) is 39.4 Å². The maximum atomic E-state index is 11.8. The van der Waals surface area contributed by atoms with E-state index < -0.39 is 20.1 Å². The van der Waals surface area contributed by atoms with Gasteiger partial charge in [0.15, 0.2) is 0 Å². The van der Waals surface area contributed by atoms with Crippen LogP contribution in [0, 0.1) is 0 Å². The van der Waals surface area contributed by atoms with Gasteiger partial charge in [0.25, 0.3) is 0 Å². The Labute approximate surface area is 149 Å². The van der Waals surface area contributed by atoms with Crippen molar-refractivity contribution in [3.8, 4) is 0 Å². The summed E-state index contributed by atoms with van der Waals surface area (Å²) in [5.41, 5.74) is 0.229. The summed E-state index contributed by atoms with van der Waals surface area (Å²) in [4.78, 5) is 15.2. The molecule has 0 spiro atoms. The Bertz CT molecular complexity index is 567. The molecule has 1 aromatic carbocycles. The highest BCUT2D eigenvalue weighted by atomic mass is 31.1. The molecule has 1 aliphatic heterocycles. The maximum Gasteiger partial charge on any atom is 0.439 e. The van der Waals surface area contributed by atoms with Crippen LogP contribution < -0.4 is 0 Å². The van der Waals surface area contributed by atoms with Gasteiger partial charge in [-0.3, -0.25) is 14.4 Å². The number of hydrogen-bond donors (Lipinski definition) is 1. The fourth-order valence-corrected chi connectivity index (χ4v) is 3.71. The zero-order valence-corrected chi connectivity index (χ0v) is 15.7. The first-order chi connectivity index (χ1) is 12.0. The minimum Gasteiger partial charge on any atom is -0.478 e. The second-order valence-corrected chi connectivity index (χ2v) is 6.65. The van der Waals surface area contributed by atoms with Gasteiger partial charge >= 0.3 is 20.1 Å². The van der Waals surface area contributed by atoms with Crippen molar-refractivity contribution in [3.63, 3.8) is 0 Å². The molecule has 25 heavy (non-hydrogen) atoms. The van der Waals surface area contributed by atoms with Gasteiger partial charge in [0, 0.05) is 32.7 Å². The van der Waals surface area contributed by atoms with Crippen LogP contribution in [0.3, 0.4) is 0 Å². The molecule has 1 atom stereocenters. The van der Waals surface area contributed by atoms with Crippen molar-refractivity contribution in [3.05, 3.63) is 35.4 Å². The van der Waals surface area contributed by atoms with E-state index in [-0.39, 0.29) is 0 Å². The molecule has 138 valence electrons. The summed E-state index contributed by atoms with van der Waals surface area (Å²) in [5.74, 6) is -0.915. The van der Waals surface area contributed by atoms with Crippen molar-refractivity contribution in [2.24, 2.45) is 0 Å². The van der Waals surface area contributed by atoms with Gasteiger partial charge in [0.05, 0.1) is 18.8 Å². The van der Waals surface area contributed by atoms with Gasteiger partial charge in [0.1, 0.15) is 0 Å². The molecule has 8 heteroatoms. The van der Waals surface area contributed by atoms with Gasteiger partial charge < -0.3 is 5.11 Å². The Kier molecular flexibility index (Phi) is 7.47. The molecule has 1 fully saturated rings. The monoisotopic (exact) mass is 369 g/mol. The molecule has 0 amide bonds. The number of rotatable bonds is 9. The first kappa shape index (κ1) is 19.9. The molecule has 1 unspecified atom stereocenters. The van der Waals surface area contributed by atoms with Crippen molar-refractivity contribution in [2.45, 2.75) is 26.0 Å². The maximum absolute atomic E-state index is 11.8. The van der Waals surface area contributed by atoms with Crippen LogP contribution in [-0.4, -0.2) is 65.9 Å². The second-order valence-electron chi connectivity index (χ2n) is 5.82. The van der Waals surface area contributed by atoms with Crippen LogP contribution in [0.1, 0.15) is 29.8 Å². The molecule has 1 N–H and O–H groups in total. The third kappa shape index (κ3) is 5.06. The topological polar surface area (TPSA) is 79.3 Å². The predicted octanol–water partition coefficient (Wildman–Crippen LogP) is 2.21. The lowest BCUT2D eigenvalue weighted by molar-refractivity contribution is -0.259. The van der Waals surface area contributed by atoms with Gasteiger partial charge in [-0.05, 0) is 31.5 Å². The molecule has 1 aliphatic rings. The van der Waals surface area contributed by atoms with Gasteiger partial charge in [-0.1, -0.05) is 16.7 Å². The van der Waals surface area contributed by atoms with Crippen LogP contribution >= 0.6 is 8.46 Å². The van der Waals surface area contributed by atoms with Crippen LogP contribution in [0.25, 0.3) is 0 Å². The molecule has 1 heterocycles. The smallest absolute Gasteiger partial charge is 0.439 e. The van der Waals surface area contributed by atoms with Crippen molar-refractivity contribution >= 4 is 14.4 Å². The number of benzene rings is 1. The summed E-state index contributed by atoms with van der Waals surface area (Å²) < 4.78 is 23.1. The molecule has 0 aliphatic carbocycles. The zero-order chi connectivity index (χ0) is 18.3. The van der Waals surface area contributed by atoms with E-state index in [1.807, 2.05) is 30.9 Å². The Morgan fingerprint density at radius 1 is 1.12 bits per heavy atom. The van der Waals surface area contributed by atoms with Crippen molar-refractivity contribution in [1.82, 2.24) is 9.80 Å². The lowest BCUT2D eigenvalue weighted by Crippen LogP contribution is -2.56. The van der Waals surface area contributed by atoms with Crippen LogP contribution in [0.15, 0.2) is 24.3 Å². The van der Waals surface area contributed by atoms with Gasteiger partial charge in [-0.2, -0.15) is 0 Å². The van der Waals surface area contributed by atoms with E-state index in [9.17, 15) is 9.36 Å². The van der Waals surface area contributed by atoms with Crippen LogP contribution in [0.2, 0.25) is 0 Å². The number of nitrogens with zero attached hydrogens (tertiary/aromatic N) is 2. The Morgan fingerprint density at radius 2 is 1.68 bits per heavy atom. The Morgan fingerprint density at radius 3 is 2.12 bits per heavy atom. The molecule has 0 bridgehead atoms. The predicted molar refractivity (Wildman–Crippen MR) is 95.2 cm³/mol.